The van der Waals surface area contributed by atoms with Gasteiger partial charge in [0.05, 0.1) is 11.3 Å². The average molecular weight is 434 g/mol. The van der Waals surface area contributed by atoms with Crippen molar-refractivity contribution >= 4 is 27.7 Å². The Morgan fingerprint density at radius 1 is 1.07 bits per heavy atom. The molecule has 0 spiro atoms. The van der Waals surface area contributed by atoms with Crippen LogP contribution in [0.2, 0.25) is 0 Å². The van der Waals surface area contributed by atoms with Crippen molar-refractivity contribution in [3.63, 3.8) is 0 Å². The molecule has 0 aliphatic carbocycles. The van der Waals surface area contributed by atoms with E-state index in [-0.39, 0.29) is 17.2 Å². The molecule has 9 heteroatoms. The predicted molar refractivity (Wildman–Crippen MR) is 114 cm³/mol. The Balaban J connectivity index is 1.97. The summed E-state index contributed by atoms with van der Waals surface area (Å²) in [6.07, 6.45) is -0.354. The molecule has 0 saturated heterocycles. The second-order valence-electron chi connectivity index (χ2n) is 7.95. The lowest BCUT2D eigenvalue weighted by Crippen LogP contribution is -2.33. The second-order valence-corrected chi connectivity index (χ2v) is 9.51. The Labute approximate surface area is 177 Å². The van der Waals surface area contributed by atoms with Gasteiger partial charge in [-0.3, -0.25) is 4.79 Å². The molecule has 0 saturated carbocycles. The minimum absolute atomic E-state index is 0.00605. The standard InChI is InChI=1S/C21H27N3O5S/c1-21(2,3)29-20(26)24(4)14-16-6-5-7-17(12-16)23-19(25)13-15-8-10-18(11-9-15)30(22,27)28/h5-12H,13-14H2,1-4H3,(H,23,25)(H2,22,27,28). The second kappa shape index (κ2) is 9.27. The first-order valence-electron chi connectivity index (χ1n) is 9.28. The molecule has 0 unspecified atom stereocenters. The maximum atomic E-state index is 12.3. The topological polar surface area (TPSA) is 119 Å². The van der Waals surface area contributed by atoms with Gasteiger partial charge in [-0.05, 0) is 56.2 Å². The number of rotatable bonds is 6. The van der Waals surface area contributed by atoms with E-state index in [2.05, 4.69) is 5.32 Å². The summed E-state index contributed by atoms with van der Waals surface area (Å²) in [6, 6.07) is 13.0. The van der Waals surface area contributed by atoms with E-state index in [0.29, 0.717) is 17.8 Å². The number of amides is 2. The lowest BCUT2D eigenvalue weighted by atomic mass is 10.1. The van der Waals surface area contributed by atoms with Crippen molar-refractivity contribution < 1.29 is 22.7 Å². The zero-order valence-electron chi connectivity index (χ0n) is 17.5. The molecule has 0 bridgehead atoms. The van der Waals surface area contributed by atoms with Crippen LogP contribution in [0.25, 0.3) is 0 Å². The van der Waals surface area contributed by atoms with E-state index in [1.165, 1.54) is 17.0 Å². The van der Waals surface area contributed by atoms with Gasteiger partial charge in [0.15, 0.2) is 0 Å². The van der Waals surface area contributed by atoms with Crippen LogP contribution in [0.3, 0.4) is 0 Å². The molecule has 2 amide bonds. The molecular formula is C21H27N3O5S. The minimum atomic E-state index is -3.77. The van der Waals surface area contributed by atoms with E-state index < -0.39 is 21.7 Å². The number of hydrogen-bond acceptors (Lipinski definition) is 5. The Morgan fingerprint density at radius 2 is 1.70 bits per heavy atom. The van der Waals surface area contributed by atoms with Crippen LogP contribution in [0.1, 0.15) is 31.9 Å². The van der Waals surface area contributed by atoms with Crippen molar-refractivity contribution in [2.45, 2.75) is 44.2 Å². The molecule has 2 aromatic carbocycles. The summed E-state index contributed by atoms with van der Waals surface area (Å²) in [7, 11) is -2.12. The Hall–Kier alpha value is -2.91. The predicted octanol–water partition coefficient (Wildman–Crippen LogP) is 2.88. The third kappa shape index (κ3) is 7.49. The zero-order valence-corrected chi connectivity index (χ0v) is 18.3. The molecule has 0 radical (unpaired) electrons. The Kier molecular flexibility index (Phi) is 7.22. The van der Waals surface area contributed by atoms with Gasteiger partial charge in [0, 0.05) is 19.3 Å². The van der Waals surface area contributed by atoms with Crippen molar-refractivity contribution in [1.82, 2.24) is 4.90 Å². The Morgan fingerprint density at radius 3 is 2.27 bits per heavy atom. The molecule has 2 aromatic rings. The zero-order chi connectivity index (χ0) is 22.5. The molecule has 0 heterocycles. The van der Waals surface area contributed by atoms with Gasteiger partial charge in [-0.1, -0.05) is 24.3 Å². The largest absolute Gasteiger partial charge is 0.444 e. The van der Waals surface area contributed by atoms with Gasteiger partial charge >= 0.3 is 6.09 Å². The number of primary sulfonamides is 1. The van der Waals surface area contributed by atoms with Crippen LogP contribution in [0.5, 0.6) is 0 Å². The smallest absolute Gasteiger partial charge is 0.410 e. The monoisotopic (exact) mass is 433 g/mol. The number of hydrogen-bond donors (Lipinski definition) is 2. The van der Waals surface area contributed by atoms with E-state index in [9.17, 15) is 18.0 Å². The summed E-state index contributed by atoms with van der Waals surface area (Å²) < 4.78 is 27.9. The molecule has 2 rings (SSSR count). The SMILES string of the molecule is CN(Cc1cccc(NC(=O)Cc2ccc(S(N)(=O)=O)cc2)c1)C(=O)OC(C)(C)C. The fraction of sp³-hybridized carbons (Fsp3) is 0.333. The number of nitrogens with zero attached hydrogens (tertiary/aromatic N) is 1. The quantitative estimate of drug-likeness (QED) is 0.726. The highest BCUT2D eigenvalue weighted by atomic mass is 32.2. The van der Waals surface area contributed by atoms with Gasteiger partial charge in [-0.2, -0.15) is 0 Å². The van der Waals surface area contributed by atoms with E-state index in [1.807, 2.05) is 6.07 Å². The first kappa shape index (κ1) is 23.4. The van der Waals surface area contributed by atoms with Crippen molar-refractivity contribution in [2.75, 3.05) is 12.4 Å². The van der Waals surface area contributed by atoms with Crippen LogP contribution in [-0.2, 0) is 32.5 Å². The van der Waals surface area contributed by atoms with Crippen LogP contribution in [0, 0.1) is 0 Å². The lowest BCUT2D eigenvalue weighted by Gasteiger charge is -2.24. The summed E-state index contributed by atoms with van der Waals surface area (Å²) >= 11 is 0. The molecule has 0 fully saturated rings. The summed E-state index contributed by atoms with van der Waals surface area (Å²) in [5.74, 6) is -0.254. The maximum absolute atomic E-state index is 12.3. The van der Waals surface area contributed by atoms with Crippen molar-refractivity contribution in [3.8, 4) is 0 Å². The highest BCUT2D eigenvalue weighted by molar-refractivity contribution is 7.89. The molecule has 30 heavy (non-hydrogen) atoms. The number of carbonyl (C=O) groups is 2. The molecule has 0 aromatic heterocycles. The number of benzene rings is 2. The fourth-order valence-corrected chi connectivity index (χ4v) is 3.13. The normalized spacial score (nSPS) is 11.6. The van der Waals surface area contributed by atoms with Gasteiger partial charge in [-0.15, -0.1) is 0 Å². The molecule has 162 valence electrons. The number of nitrogens with two attached hydrogens (primary N) is 1. The van der Waals surface area contributed by atoms with Crippen LogP contribution in [0.15, 0.2) is 53.4 Å². The first-order chi connectivity index (χ1) is 13.8. The summed E-state index contributed by atoms with van der Waals surface area (Å²) in [6.45, 7) is 5.74. The number of nitrogens with one attached hydrogen (secondary N) is 1. The van der Waals surface area contributed by atoms with E-state index in [0.717, 1.165) is 5.56 Å². The fourth-order valence-electron chi connectivity index (χ4n) is 2.61. The van der Waals surface area contributed by atoms with Crippen molar-refractivity contribution in [2.24, 2.45) is 5.14 Å². The number of carbonyl (C=O) groups excluding carboxylic acids is 2. The third-order valence-corrected chi connectivity index (χ3v) is 4.88. The first-order valence-corrected chi connectivity index (χ1v) is 10.8. The van der Waals surface area contributed by atoms with Crippen LogP contribution in [-0.4, -0.2) is 38.0 Å². The summed E-state index contributed by atoms with van der Waals surface area (Å²) in [5, 5.41) is 7.87. The minimum Gasteiger partial charge on any atom is -0.444 e. The average Bonchev–Trinajstić information content (AvgIpc) is 2.60. The number of ether oxygens (including phenoxy) is 1. The van der Waals surface area contributed by atoms with Crippen LogP contribution in [0.4, 0.5) is 10.5 Å². The molecule has 0 atom stereocenters. The van der Waals surface area contributed by atoms with E-state index >= 15 is 0 Å². The lowest BCUT2D eigenvalue weighted by molar-refractivity contribution is -0.115. The van der Waals surface area contributed by atoms with Gasteiger partial charge in [0.2, 0.25) is 15.9 Å². The van der Waals surface area contributed by atoms with Gasteiger partial charge in [-0.25, -0.2) is 18.4 Å². The molecule has 0 aliphatic heterocycles. The highest BCUT2D eigenvalue weighted by Gasteiger charge is 2.19. The van der Waals surface area contributed by atoms with Crippen LogP contribution < -0.4 is 10.5 Å². The number of sulfonamides is 1. The Bertz CT molecular complexity index is 1010. The number of anilines is 1. The van der Waals surface area contributed by atoms with Crippen molar-refractivity contribution in [1.29, 1.82) is 0 Å². The van der Waals surface area contributed by atoms with Gasteiger partial charge in [0.25, 0.3) is 0 Å². The van der Waals surface area contributed by atoms with E-state index in [1.54, 1.807) is 58.2 Å². The summed E-state index contributed by atoms with van der Waals surface area (Å²) in [4.78, 5) is 25.9. The van der Waals surface area contributed by atoms with Crippen molar-refractivity contribution in [3.05, 3.63) is 59.7 Å². The van der Waals surface area contributed by atoms with Crippen LogP contribution >= 0.6 is 0 Å². The summed E-state index contributed by atoms with van der Waals surface area (Å²) in [5.41, 5.74) is 1.50. The maximum Gasteiger partial charge on any atom is 0.410 e. The third-order valence-electron chi connectivity index (χ3n) is 3.95. The molecule has 3 N–H and O–H groups in total. The molecule has 8 nitrogen and oxygen atoms in total. The van der Waals surface area contributed by atoms with E-state index in [4.69, 9.17) is 9.88 Å². The van der Waals surface area contributed by atoms with Gasteiger partial charge < -0.3 is 15.0 Å². The van der Waals surface area contributed by atoms with Gasteiger partial charge in [0.1, 0.15) is 5.60 Å². The molecular weight excluding hydrogens is 406 g/mol. The molecule has 0 aliphatic rings. The highest BCUT2D eigenvalue weighted by Crippen LogP contribution is 2.16.